The number of morpholine rings is 1. The summed E-state index contributed by atoms with van der Waals surface area (Å²) >= 11 is 1.65. The second-order valence-corrected chi connectivity index (χ2v) is 6.09. The van der Waals surface area contributed by atoms with Crippen molar-refractivity contribution in [3.63, 3.8) is 0 Å². The first kappa shape index (κ1) is 14.7. The molecule has 1 N–H and O–H groups in total. The van der Waals surface area contributed by atoms with Crippen LogP contribution in [0.15, 0.2) is 30.3 Å². The molecule has 0 amide bonds. The Morgan fingerprint density at radius 2 is 2.05 bits per heavy atom. The Bertz CT molecular complexity index is 580. The summed E-state index contributed by atoms with van der Waals surface area (Å²) in [7, 11) is 0. The standard InChI is InChI=1S/C14H16N4OS.ClH/c1-2-4-10(5-3-1)13-16-17-14(20-13)18-8-11-12(9-18)19-7-6-15-11;/h1-5,11-12,15H,6-9H2;1H/t11-,12-;/m0./s1. The van der Waals surface area contributed by atoms with E-state index in [1.807, 2.05) is 18.2 Å². The fourth-order valence-electron chi connectivity index (χ4n) is 2.79. The third-order valence-electron chi connectivity index (χ3n) is 3.81. The molecule has 5 nitrogen and oxygen atoms in total. The summed E-state index contributed by atoms with van der Waals surface area (Å²) < 4.78 is 5.80. The Morgan fingerprint density at radius 1 is 1.19 bits per heavy atom. The van der Waals surface area contributed by atoms with Gasteiger partial charge in [-0.3, -0.25) is 0 Å². The Morgan fingerprint density at radius 3 is 2.86 bits per heavy atom. The molecule has 1 aromatic heterocycles. The van der Waals surface area contributed by atoms with Crippen molar-refractivity contribution in [3.8, 4) is 10.6 Å². The number of nitrogens with zero attached hydrogens (tertiary/aromatic N) is 3. The SMILES string of the molecule is Cl.c1ccc(-c2nnc(N3C[C@@H]4NCCO[C@H]4C3)s2)cc1. The maximum Gasteiger partial charge on any atom is 0.208 e. The largest absolute Gasteiger partial charge is 0.373 e. The summed E-state index contributed by atoms with van der Waals surface area (Å²) in [5.74, 6) is 0. The van der Waals surface area contributed by atoms with Crippen LogP contribution in [0.3, 0.4) is 0 Å². The summed E-state index contributed by atoms with van der Waals surface area (Å²) in [6, 6.07) is 10.6. The summed E-state index contributed by atoms with van der Waals surface area (Å²) in [6.07, 6.45) is 0.285. The Hall–Kier alpha value is -1.21. The molecule has 21 heavy (non-hydrogen) atoms. The molecular weight excluding hydrogens is 308 g/mol. The molecule has 4 rings (SSSR count). The van der Waals surface area contributed by atoms with E-state index in [9.17, 15) is 0 Å². The molecule has 0 saturated carbocycles. The van der Waals surface area contributed by atoms with Crippen LogP contribution < -0.4 is 10.2 Å². The number of anilines is 1. The van der Waals surface area contributed by atoms with Gasteiger partial charge in [-0.15, -0.1) is 22.6 Å². The average molecular weight is 325 g/mol. The smallest absolute Gasteiger partial charge is 0.208 e. The van der Waals surface area contributed by atoms with Crippen LogP contribution in [0.4, 0.5) is 5.13 Å². The lowest BCUT2D eigenvalue weighted by Crippen LogP contribution is -2.47. The van der Waals surface area contributed by atoms with Crippen molar-refractivity contribution in [1.82, 2.24) is 15.5 Å². The molecule has 1 aromatic carbocycles. The van der Waals surface area contributed by atoms with Crippen molar-refractivity contribution in [3.05, 3.63) is 30.3 Å². The van der Waals surface area contributed by atoms with Crippen LogP contribution in [-0.4, -0.2) is 48.6 Å². The van der Waals surface area contributed by atoms with Crippen molar-refractivity contribution in [2.75, 3.05) is 31.1 Å². The maximum atomic E-state index is 5.80. The molecule has 2 atom stereocenters. The molecule has 7 heteroatoms. The van der Waals surface area contributed by atoms with Gasteiger partial charge in [0.1, 0.15) is 5.01 Å². The maximum absolute atomic E-state index is 5.80. The van der Waals surface area contributed by atoms with Gasteiger partial charge in [0.15, 0.2) is 0 Å². The summed E-state index contributed by atoms with van der Waals surface area (Å²) in [4.78, 5) is 2.28. The van der Waals surface area contributed by atoms with Crippen molar-refractivity contribution < 1.29 is 4.74 Å². The van der Waals surface area contributed by atoms with Crippen molar-refractivity contribution in [2.45, 2.75) is 12.1 Å². The van der Waals surface area contributed by atoms with Gasteiger partial charge in [-0.1, -0.05) is 41.7 Å². The first-order valence-corrected chi connectivity index (χ1v) is 7.71. The molecule has 0 radical (unpaired) electrons. The zero-order chi connectivity index (χ0) is 13.4. The monoisotopic (exact) mass is 324 g/mol. The third-order valence-corrected chi connectivity index (χ3v) is 4.85. The third kappa shape index (κ3) is 2.89. The molecule has 0 aliphatic carbocycles. The average Bonchev–Trinajstić information content (AvgIpc) is 3.14. The Labute approximate surface area is 133 Å². The van der Waals surface area contributed by atoms with E-state index in [-0.39, 0.29) is 18.5 Å². The van der Waals surface area contributed by atoms with E-state index in [0.717, 1.165) is 41.9 Å². The molecule has 0 bridgehead atoms. The molecule has 2 saturated heterocycles. The first-order chi connectivity index (χ1) is 9.90. The minimum Gasteiger partial charge on any atom is -0.373 e. The van der Waals surface area contributed by atoms with Crippen LogP contribution in [0.5, 0.6) is 0 Å². The molecule has 3 heterocycles. The minimum absolute atomic E-state index is 0. The van der Waals surface area contributed by atoms with E-state index in [2.05, 4.69) is 32.5 Å². The number of benzene rings is 1. The predicted molar refractivity (Wildman–Crippen MR) is 86.3 cm³/mol. The number of halogens is 1. The van der Waals surface area contributed by atoms with Gasteiger partial charge in [-0.25, -0.2) is 0 Å². The normalized spacial score (nSPS) is 24.5. The summed E-state index contributed by atoms with van der Waals surface area (Å²) in [6.45, 7) is 3.61. The highest BCUT2D eigenvalue weighted by Gasteiger charge is 2.36. The van der Waals surface area contributed by atoms with Gasteiger partial charge in [-0.05, 0) is 0 Å². The van der Waals surface area contributed by atoms with Crippen molar-refractivity contribution in [1.29, 1.82) is 0 Å². The molecule has 2 aliphatic rings. The van der Waals surface area contributed by atoms with E-state index in [0.29, 0.717) is 6.04 Å². The number of hydrogen-bond donors (Lipinski definition) is 1. The van der Waals surface area contributed by atoms with Crippen LogP contribution in [0.2, 0.25) is 0 Å². The molecule has 0 spiro atoms. The van der Waals surface area contributed by atoms with E-state index < -0.39 is 0 Å². The Balaban J connectivity index is 0.00000132. The van der Waals surface area contributed by atoms with Gasteiger partial charge in [0, 0.05) is 25.2 Å². The lowest BCUT2D eigenvalue weighted by atomic mass is 10.2. The summed E-state index contributed by atoms with van der Waals surface area (Å²) in [5.41, 5.74) is 1.13. The number of rotatable bonds is 2. The number of nitrogens with one attached hydrogen (secondary N) is 1. The van der Waals surface area contributed by atoms with Crippen LogP contribution >= 0.6 is 23.7 Å². The van der Waals surface area contributed by atoms with Gasteiger partial charge < -0.3 is 15.0 Å². The topological polar surface area (TPSA) is 50.3 Å². The van der Waals surface area contributed by atoms with Crippen LogP contribution in [0, 0.1) is 0 Å². The van der Waals surface area contributed by atoms with Crippen LogP contribution in [0.25, 0.3) is 10.6 Å². The van der Waals surface area contributed by atoms with E-state index in [4.69, 9.17) is 4.74 Å². The van der Waals surface area contributed by atoms with E-state index in [1.165, 1.54) is 0 Å². The van der Waals surface area contributed by atoms with Gasteiger partial charge in [0.2, 0.25) is 5.13 Å². The van der Waals surface area contributed by atoms with E-state index >= 15 is 0 Å². The highest BCUT2D eigenvalue weighted by molar-refractivity contribution is 7.18. The predicted octanol–water partition coefficient (Wildman–Crippen LogP) is 1.80. The second-order valence-electron chi connectivity index (χ2n) is 5.13. The molecule has 2 aliphatic heterocycles. The Kier molecular flexibility index (Phi) is 4.40. The molecular formula is C14H17ClN4OS. The van der Waals surface area contributed by atoms with Crippen LogP contribution in [-0.2, 0) is 4.74 Å². The number of hydrogen-bond acceptors (Lipinski definition) is 6. The van der Waals surface area contributed by atoms with Gasteiger partial charge in [0.25, 0.3) is 0 Å². The number of ether oxygens (including phenoxy) is 1. The minimum atomic E-state index is 0. The highest BCUT2D eigenvalue weighted by Crippen LogP contribution is 2.31. The van der Waals surface area contributed by atoms with Crippen molar-refractivity contribution >= 4 is 28.9 Å². The highest BCUT2D eigenvalue weighted by atomic mass is 35.5. The molecule has 0 unspecified atom stereocenters. The van der Waals surface area contributed by atoms with Gasteiger partial charge in [0.05, 0.1) is 18.8 Å². The fraction of sp³-hybridized carbons (Fsp3) is 0.429. The lowest BCUT2D eigenvalue weighted by Gasteiger charge is -2.25. The van der Waals surface area contributed by atoms with Gasteiger partial charge in [-0.2, -0.15) is 0 Å². The number of fused-ring (bicyclic) bond motifs is 1. The summed E-state index contributed by atoms with van der Waals surface area (Å²) in [5, 5.41) is 14.1. The zero-order valence-electron chi connectivity index (χ0n) is 11.4. The van der Waals surface area contributed by atoms with Gasteiger partial charge >= 0.3 is 0 Å². The lowest BCUT2D eigenvalue weighted by molar-refractivity contribution is 0.0212. The van der Waals surface area contributed by atoms with E-state index in [1.54, 1.807) is 11.3 Å². The van der Waals surface area contributed by atoms with Crippen LogP contribution in [0.1, 0.15) is 0 Å². The first-order valence-electron chi connectivity index (χ1n) is 6.89. The quantitative estimate of drug-likeness (QED) is 0.913. The van der Waals surface area contributed by atoms with Crippen molar-refractivity contribution in [2.24, 2.45) is 0 Å². The molecule has 2 fully saturated rings. The number of aromatic nitrogens is 2. The zero-order valence-corrected chi connectivity index (χ0v) is 13.1. The molecule has 2 aromatic rings. The second kappa shape index (κ2) is 6.27. The fourth-order valence-corrected chi connectivity index (χ4v) is 3.66. The molecule has 112 valence electrons.